The smallest absolute Gasteiger partial charge is 0.263 e. The lowest BCUT2D eigenvalue weighted by molar-refractivity contribution is 0.0946. The lowest BCUT2D eigenvalue weighted by Gasteiger charge is -2.26. The third-order valence-corrected chi connectivity index (χ3v) is 4.71. The van der Waals surface area contributed by atoms with E-state index in [9.17, 15) is 4.79 Å². The molecule has 0 aliphatic carbocycles. The Morgan fingerprint density at radius 2 is 1.87 bits per heavy atom. The highest BCUT2D eigenvalue weighted by atomic mass is 35.5. The second-order valence-corrected chi connectivity index (χ2v) is 6.05. The van der Waals surface area contributed by atoms with Crippen LogP contribution < -0.4 is 11.1 Å². The molecule has 0 spiro atoms. The van der Waals surface area contributed by atoms with Gasteiger partial charge in [-0.15, -0.1) is 36.2 Å². The predicted molar refractivity (Wildman–Crippen MR) is 99.7 cm³/mol. The Hall–Kier alpha value is -1.21. The van der Waals surface area contributed by atoms with Crippen LogP contribution in [0.15, 0.2) is 30.7 Å². The number of hydrogen-bond donors (Lipinski definition) is 2. The number of carbonyl (C=O) groups excluding carboxylic acids is 1. The molecule has 0 atom stereocenters. The van der Waals surface area contributed by atoms with Crippen LogP contribution in [0.3, 0.4) is 0 Å². The van der Waals surface area contributed by atoms with Crippen LogP contribution in [0.25, 0.3) is 10.6 Å². The molecule has 0 aliphatic heterocycles. The Morgan fingerprint density at radius 1 is 1.26 bits per heavy atom. The molecule has 23 heavy (non-hydrogen) atoms. The van der Waals surface area contributed by atoms with Crippen LogP contribution in [0, 0.1) is 0 Å². The zero-order chi connectivity index (χ0) is 15.3. The van der Waals surface area contributed by atoms with Crippen molar-refractivity contribution in [2.75, 3.05) is 6.54 Å². The van der Waals surface area contributed by atoms with Gasteiger partial charge in [0, 0.05) is 30.0 Å². The van der Waals surface area contributed by atoms with Gasteiger partial charge in [-0.05, 0) is 25.0 Å². The van der Waals surface area contributed by atoms with Crippen molar-refractivity contribution in [2.45, 2.75) is 32.2 Å². The molecule has 0 saturated carbocycles. The molecule has 2 heterocycles. The van der Waals surface area contributed by atoms with Crippen molar-refractivity contribution in [1.29, 1.82) is 0 Å². The fraction of sp³-hybridized carbons (Fsp3) is 0.400. The van der Waals surface area contributed by atoms with Gasteiger partial charge in [0.1, 0.15) is 9.88 Å². The first-order valence-corrected chi connectivity index (χ1v) is 7.83. The van der Waals surface area contributed by atoms with E-state index >= 15 is 0 Å². The van der Waals surface area contributed by atoms with Crippen LogP contribution in [-0.4, -0.2) is 28.0 Å². The summed E-state index contributed by atoms with van der Waals surface area (Å²) in [5, 5.41) is 3.71. The number of halogens is 2. The fourth-order valence-electron chi connectivity index (χ4n) is 1.85. The van der Waals surface area contributed by atoms with E-state index in [0.717, 1.165) is 23.4 Å². The Balaban J connectivity index is 0.00000242. The summed E-state index contributed by atoms with van der Waals surface area (Å²) in [6.45, 7) is 4.54. The molecule has 0 radical (unpaired) electrons. The fourth-order valence-corrected chi connectivity index (χ4v) is 2.69. The van der Waals surface area contributed by atoms with Crippen molar-refractivity contribution in [3.05, 3.63) is 35.6 Å². The highest BCUT2D eigenvalue weighted by molar-refractivity contribution is 7.16. The van der Waals surface area contributed by atoms with Crippen LogP contribution >= 0.6 is 36.2 Å². The number of amides is 1. The first-order valence-electron chi connectivity index (χ1n) is 7.01. The highest BCUT2D eigenvalue weighted by Crippen LogP contribution is 2.24. The molecule has 3 N–H and O–H groups in total. The number of rotatable bonds is 6. The zero-order valence-corrected chi connectivity index (χ0v) is 15.6. The summed E-state index contributed by atoms with van der Waals surface area (Å²) in [6.07, 6.45) is 6.68. The maximum Gasteiger partial charge on any atom is 0.263 e. The number of aromatic nitrogens is 2. The first-order chi connectivity index (χ1) is 10.1. The van der Waals surface area contributed by atoms with Gasteiger partial charge in [0.25, 0.3) is 5.91 Å². The van der Waals surface area contributed by atoms with Crippen molar-refractivity contribution in [3.63, 3.8) is 0 Å². The van der Waals surface area contributed by atoms with E-state index in [0.29, 0.717) is 11.4 Å². The molecular weight excluding hydrogens is 355 g/mol. The number of hydrogen-bond acceptors (Lipinski definition) is 5. The zero-order valence-electron chi connectivity index (χ0n) is 13.1. The summed E-state index contributed by atoms with van der Waals surface area (Å²) >= 11 is 1.37. The van der Waals surface area contributed by atoms with E-state index < -0.39 is 0 Å². The Kier molecular flexibility index (Phi) is 9.31. The summed E-state index contributed by atoms with van der Waals surface area (Å²) in [5.74, 6) is -0.121. The molecule has 128 valence electrons. The van der Waals surface area contributed by atoms with Crippen LogP contribution in [0.4, 0.5) is 0 Å². The Bertz CT molecular complexity index is 603. The molecular formula is C15H22Cl2N4OS. The number of nitrogens with one attached hydrogen (secondary N) is 1. The highest BCUT2D eigenvalue weighted by Gasteiger charge is 2.22. The number of nitrogens with zero attached hydrogens (tertiary/aromatic N) is 2. The van der Waals surface area contributed by atoms with E-state index in [1.54, 1.807) is 18.6 Å². The predicted octanol–water partition coefficient (Wildman–Crippen LogP) is 3.30. The summed E-state index contributed by atoms with van der Waals surface area (Å²) in [5.41, 5.74) is 6.81. The van der Waals surface area contributed by atoms with Gasteiger partial charge >= 0.3 is 0 Å². The molecule has 0 unspecified atom stereocenters. The molecule has 0 saturated heterocycles. The second-order valence-electron chi connectivity index (χ2n) is 5.02. The van der Waals surface area contributed by atoms with Crippen molar-refractivity contribution in [3.8, 4) is 10.6 Å². The van der Waals surface area contributed by atoms with Crippen LogP contribution in [0.1, 0.15) is 36.4 Å². The lowest BCUT2D eigenvalue weighted by Crippen LogP contribution is -2.49. The molecule has 0 aromatic carbocycles. The van der Waals surface area contributed by atoms with Gasteiger partial charge in [0.2, 0.25) is 0 Å². The summed E-state index contributed by atoms with van der Waals surface area (Å²) in [6, 6.07) is 3.75. The molecule has 2 rings (SSSR count). The second kappa shape index (κ2) is 9.82. The standard InChI is InChI=1S/C15H20N4OS.2ClH/c1-3-15(16,4-2)10-19-13(20)12-9-18-14(21-12)11-5-7-17-8-6-11;;/h5-9H,3-4,10,16H2,1-2H3,(H,19,20);2*1H. The average Bonchev–Trinajstić information content (AvgIpc) is 3.03. The molecule has 5 nitrogen and oxygen atoms in total. The molecule has 0 aliphatic rings. The van der Waals surface area contributed by atoms with E-state index in [4.69, 9.17) is 5.73 Å². The minimum Gasteiger partial charge on any atom is -0.349 e. The minimum atomic E-state index is -0.339. The maximum atomic E-state index is 12.2. The topological polar surface area (TPSA) is 80.9 Å². The van der Waals surface area contributed by atoms with Crippen molar-refractivity contribution < 1.29 is 4.79 Å². The van der Waals surface area contributed by atoms with Crippen LogP contribution in [0.5, 0.6) is 0 Å². The van der Waals surface area contributed by atoms with E-state index in [1.807, 2.05) is 26.0 Å². The first kappa shape index (κ1) is 21.8. The van der Waals surface area contributed by atoms with Crippen molar-refractivity contribution in [1.82, 2.24) is 15.3 Å². The van der Waals surface area contributed by atoms with Crippen LogP contribution in [0.2, 0.25) is 0 Å². The van der Waals surface area contributed by atoms with Gasteiger partial charge in [-0.25, -0.2) is 4.98 Å². The summed E-state index contributed by atoms with van der Waals surface area (Å²) in [7, 11) is 0. The SMILES string of the molecule is CCC(N)(CC)CNC(=O)c1cnc(-c2ccncc2)s1.Cl.Cl. The van der Waals surface area contributed by atoms with Gasteiger partial charge in [0.15, 0.2) is 0 Å². The maximum absolute atomic E-state index is 12.2. The monoisotopic (exact) mass is 376 g/mol. The molecule has 0 bridgehead atoms. The number of thiazole rings is 1. The number of carbonyl (C=O) groups is 1. The van der Waals surface area contributed by atoms with Crippen LogP contribution in [-0.2, 0) is 0 Å². The summed E-state index contributed by atoms with van der Waals surface area (Å²) < 4.78 is 0. The van der Waals surface area contributed by atoms with Gasteiger partial charge < -0.3 is 11.1 Å². The largest absolute Gasteiger partial charge is 0.349 e. The quantitative estimate of drug-likeness (QED) is 0.810. The third kappa shape index (κ3) is 5.73. The van der Waals surface area contributed by atoms with E-state index in [-0.39, 0.29) is 36.3 Å². The Morgan fingerprint density at radius 3 is 2.43 bits per heavy atom. The van der Waals surface area contributed by atoms with E-state index in [2.05, 4.69) is 15.3 Å². The summed E-state index contributed by atoms with van der Waals surface area (Å²) in [4.78, 5) is 21.0. The molecule has 1 amide bonds. The van der Waals surface area contributed by atoms with Crippen molar-refractivity contribution in [2.24, 2.45) is 5.73 Å². The minimum absolute atomic E-state index is 0. The normalized spacial score (nSPS) is 10.4. The lowest BCUT2D eigenvalue weighted by atomic mass is 9.94. The van der Waals surface area contributed by atoms with Gasteiger partial charge in [-0.3, -0.25) is 9.78 Å². The molecule has 8 heteroatoms. The van der Waals surface area contributed by atoms with Gasteiger partial charge in [-0.1, -0.05) is 13.8 Å². The van der Waals surface area contributed by atoms with Crippen molar-refractivity contribution >= 4 is 42.1 Å². The third-order valence-electron chi connectivity index (χ3n) is 3.67. The molecule has 2 aromatic rings. The number of pyridine rings is 1. The number of nitrogens with two attached hydrogens (primary N) is 1. The van der Waals surface area contributed by atoms with Gasteiger partial charge in [-0.2, -0.15) is 0 Å². The molecule has 2 aromatic heterocycles. The molecule has 0 fully saturated rings. The van der Waals surface area contributed by atoms with E-state index in [1.165, 1.54) is 11.3 Å². The Labute approximate surface area is 152 Å². The van der Waals surface area contributed by atoms with Gasteiger partial charge in [0.05, 0.1) is 6.20 Å². The average molecular weight is 377 g/mol.